The fourth-order valence-corrected chi connectivity index (χ4v) is 1.45. The number of benzene rings is 1. The molecule has 0 aliphatic rings. The van der Waals surface area contributed by atoms with Gasteiger partial charge in [0.25, 0.3) is 0 Å². The summed E-state index contributed by atoms with van der Waals surface area (Å²) < 4.78 is 5.41. The van der Waals surface area contributed by atoms with Crippen molar-refractivity contribution in [2.75, 3.05) is 0 Å². The normalized spacial score (nSPS) is 10.3. The van der Waals surface area contributed by atoms with Crippen LogP contribution in [0, 0.1) is 11.3 Å². The van der Waals surface area contributed by atoms with E-state index in [9.17, 15) is 0 Å². The predicted molar refractivity (Wildman–Crippen MR) is 52.9 cm³/mol. The van der Waals surface area contributed by atoms with Crippen LogP contribution in [0.15, 0.2) is 22.6 Å². The Morgan fingerprint density at radius 3 is 3.07 bits per heavy atom. The molecule has 0 N–H and O–H groups in total. The minimum Gasteiger partial charge on any atom is -0.439 e. The van der Waals surface area contributed by atoms with Crippen molar-refractivity contribution in [1.82, 2.24) is 4.98 Å². The Morgan fingerprint density at radius 1 is 1.50 bits per heavy atom. The molecule has 0 atom stereocenters. The molecule has 0 fully saturated rings. The van der Waals surface area contributed by atoms with E-state index in [1.807, 2.05) is 18.2 Å². The molecule has 0 saturated heterocycles. The number of para-hydroxylation sites is 1. The standard InChI is InChI=1S/C10H7ClN2O/c11-6-9-13-8-3-1-2-7(4-5-12)10(8)14-9/h1-3H,4,6H2. The number of oxazole rings is 1. The molecular weight excluding hydrogens is 200 g/mol. The van der Waals surface area contributed by atoms with Crippen LogP contribution < -0.4 is 0 Å². The maximum absolute atomic E-state index is 8.61. The van der Waals surface area contributed by atoms with Gasteiger partial charge in [-0.1, -0.05) is 12.1 Å². The molecule has 0 spiro atoms. The summed E-state index contributed by atoms with van der Waals surface area (Å²) in [6.45, 7) is 0. The first kappa shape index (κ1) is 9.04. The molecule has 14 heavy (non-hydrogen) atoms. The highest BCUT2D eigenvalue weighted by atomic mass is 35.5. The maximum atomic E-state index is 8.61. The van der Waals surface area contributed by atoms with E-state index >= 15 is 0 Å². The number of hydrogen-bond donors (Lipinski definition) is 0. The van der Waals surface area contributed by atoms with Gasteiger partial charge in [-0.25, -0.2) is 4.98 Å². The molecule has 0 unspecified atom stereocenters. The molecule has 0 aliphatic carbocycles. The van der Waals surface area contributed by atoms with Crippen LogP contribution in [0.2, 0.25) is 0 Å². The summed E-state index contributed by atoms with van der Waals surface area (Å²) in [5.41, 5.74) is 2.28. The number of nitriles is 1. The van der Waals surface area contributed by atoms with Crippen molar-refractivity contribution in [2.45, 2.75) is 12.3 Å². The Labute approximate surface area is 85.9 Å². The van der Waals surface area contributed by atoms with Gasteiger partial charge in [0.05, 0.1) is 18.4 Å². The van der Waals surface area contributed by atoms with E-state index in [-0.39, 0.29) is 5.88 Å². The topological polar surface area (TPSA) is 49.8 Å². The number of alkyl halides is 1. The molecular formula is C10H7ClN2O. The molecule has 4 heteroatoms. The number of rotatable bonds is 2. The second-order valence-corrected chi connectivity index (χ2v) is 3.11. The Hall–Kier alpha value is -1.53. The molecule has 2 rings (SSSR count). The average Bonchev–Trinajstić information content (AvgIpc) is 2.62. The molecule has 3 nitrogen and oxygen atoms in total. The Balaban J connectivity index is 2.62. The first-order valence-electron chi connectivity index (χ1n) is 4.15. The van der Waals surface area contributed by atoms with Crippen LogP contribution >= 0.6 is 11.6 Å². The van der Waals surface area contributed by atoms with E-state index < -0.39 is 0 Å². The average molecular weight is 207 g/mol. The van der Waals surface area contributed by atoms with Crippen LogP contribution in [0.1, 0.15) is 11.5 Å². The van der Waals surface area contributed by atoms with Crippen molar-refractivity contribution in [2.24, 2.45) is 0 Å². The zero-order chi connectivity index (χ0) is 9.97. The minimum atomic E-state index is 0.251. The lowest BCUT2D eigenvalue weighted by molar-refractivity contribution is 0.552. The molecule has 1 heterocycles. The van der Waals surface area contributed by atoms with Crippen molar-refractivity contribution >= 4 is 22.7 Å². The Bertz CT molecular complexity index is 498. The second kappa shape index (κ2) is 3.69. The molecule has 70 valence electrons. The first-order chi connectivity index (χ1) is 6.85. The van der Waals surface area contributed by atoms with E-state index in [4.69, 9.17) is 21.3 Å². The smallest absolute Gasteiger partial charge is 0.210 e. The van der Waals surface area contributed by atoms with Crippen LogP contribution in [-0.2, 0) is 12.3 Å². The molecule has 2 aromatic rings. The van der Waals surface area contributed by atoms with E-state index in [2.05, 4.69) is 11.1 Å². The molecule has 0 radical (unpaired) electrons. The number of nitrogens with zero attached hydrogens (tertiary/aromatic N) is 2. The summed E-state index contributed by atoms with van der Waals surface area (Å²) in [6, 6.07) is 7.64. The van der Waals surface area contributed by atoms with Gasteiger partial charge in [0.1, 0.15) is 5.52 Å². The van der Waals surface area contributed by atoms with Gasteiger partial charge in [-0.15, -0.1) is 11.6 Å². The number of hydrogen-bond acceptors (Lipinski definition) is 3. The van der Waals surface area contributed by atoms with Crippen LogP contribution in [0.4, 0.5) is 0 Å². The molecule has 1 aromatic heterocycles. The van der Waals surface area contributed by atoms with Crippen LogP contribution in [0.25, 0.3) is 11.1 Å². The minimum absolute atomic E-state index is 0.251. The molecule has 0 bridgehead atoms. The second-order valence-electron chi connectivity index (χ2n) is 2.84. The summed E-state index contributed by atoms with van der Waals surface area (Å²) in [5, 5.41) is 8.61. The van der Waals surface area contributed by atoms with Gasteiger partial charge in [-0.2, -0.15) is 5.26 Å². The SMILES string of the molecule is N#CCc1cccc2nc(CCl)oc12. The third-order valence-corrected chi connectivity index (χ3v) is 2.15. The van der Waals surface area contributed by atoms with E-state index in [0.29, 0.717) is 17.9 Å². The molecule has 0 saturated carbocycles. The van der Waals surface area contributed by atoms with Gasteiger partial charge in [0, 0.05) is 5.56 Å². The van der Waals surface area contributed by atoms with E-state index in [1.54, 1.807) is 0 Å². The van der Waals surface area contributed by atoms with Crippen molar-refractivity contribution < 1.29 is 4.42 Å². The summed E-state index contributed by atoms with van der Waals surface area (Å²) in [7, 11) is 0. The fraction of sp³-hybridized carbons (Fsp3) is 0.200. The number of aromatic nitrogens is 1. The molecule has 0 aliphatic heterocycles. The van der Waals surface area contributed by atoms with Crippen molar-refractivity contribution in [3.63, 3.8) is 0 Å². The highest BCUT2D eigenvalue weighted by Gasteiger charge is 2.08. The Morgan fingerprint density at radius 2 is 2.36 bits per heavy atom. The highest BCUT2D eigenvalue weighted by molar-refractivity contribution is 6.16. The summed E-state index contributed by atoms with van der Waals surface area (Å²) in [5.74, 6) is 0.743. The summed E-state index contributed by atoms with van der Waals surface area (Å²) >= 11 is 5.61. The van der Waals surface area contributed by atoms with Gasteiger partial charge >= 0.3 is 0 Å². The van der Waals surface area contributed by atoms with Gasteiger partial charge in [0.15, 0.2) is 5.58 Å². The van der Waals surface area contributed by atoms with Crippen LogP contribution in [0.3, 0.4) is 0 Å². The maximum Gasteiger partial charge on any atom is 0.210 e. The zero-order valence-electron chi connectivity index (χ0n) is 7.33. The first-order valence-corrected chi connectivity index (χ1v) is 4.69. The lowest BCUT2D eigenvalue weighted by Crippen LogP contribution is -1.81. The number of fused-ring (bicyclic) bond motifs is 1. The molecule has 0 amide bonds. The van der Waals surface area contributed by atoms with Crippen molar-refractivity contribution in [3.05, 3.63) is 29.7 Å². The summed E-state index contributed by atoms with van der Waals surface area (Å²) in [4.78, 5) is 4.17. The van der Waals surface area contributed by atoms with Gasteiger partial charge in [0.2, 0.25) is 5.89 Å². The van der Waals surface area contributed by atoms with E-state index in [0.717, 1.165) is 11.1 Å². The van der Waals surface area contributed by atoms with Gasteiger partial charge in [-0.3, -0.25) is 0 Å². The quantitative estimate of drug-likeness (QED) is 0.710. The van der Waals surface area contributed by atoms with Crippen LogP contribution in [0.5, 0.6) is 0 Å². The monoisotopic (exact) mass is 206 g/mol. The fourth-order valence-electron chi connectivity index (χ4n) is 1.33. The Kier molecular flexibility index (Phi) is 2.38. The van der Waals surface area contributed by atoms with Crippen LogP contribution in [-0.4, -0.2) is 4.98 Å². The largest absolute Gasteiger partial charge is 0.439 e. The lowest BCUT2D eigenvalue weighted by atomic mass is 10.1. The van der Waals surface area contributed by atoms with E-state index in [1.165, 1.54) is 0 Å². The van der Waals surface area contributed by atoms with Crippen molar-refractivity contribution in [1.29, 1.82) is 5.26 Å². The molecule has 1 aromatic carbocycles. The predicted octanol–water partition coefficient (Wildman–Crippen LogP) is 2.63. The zero-order valence-corrected chi connectivity index (χ0v) is 8.08. The van der Waals surface area contributed by atoms with Gasteiger partial charge < -0.3 is 4.42 Å². The highest BCUT2D eigenvalue weighted by Crippen LogP contribution is 2.20. The summed E-state index contributed by atoms with van der Waals surface area (Å²) in [6.07, 6.45) is 0.328. The van der Waals surface area contributed by atoms with Gasteiger partial charge in [-0.05, 0) is 6.07 Å². The van der Waals surface area contributed by atoms with Crippen molar-refractivity contribution in [3.8, 4) is 6.07 Å². The third-order valence-electron chi connectivity index (χ3n) is 1.92. The third kappa shape index (κ3) is 1.45. The number of halogens is 1. The lowest BCUT2D eigenvalue weighted by Gasteiger charge is -1.93.